The van der Waals surface area contributed by atoms with Crippen molar-refractivity contribution in [3.05, 3.63) is 44.8 Å². The van der Waals surface area contributed by atoms with E-state index < -0.39 is 0 Å². The van der Waals surface area contributed by atoms with Gasteiger partial charge in [-0.25, -0.2) is 0 Å². The molecule has 0 bridgehead atoms. The number of hydrogen-bond donors (Lipinski definition) is 1. The third-order valence-corrected chi connectivity index (χ3v) is 5.87. The molecule has 0 aliphatic carbocycles. The molecule has 1 fully saturated rings. The van der Waals surface area contributed by atoms with Crippen LogP contribution in [0.4, 0.5) is 0 Å². The van der Waals surface area contributed by atoms with Crippen LogP contribution in [0.2, 0.25) is 0 Å². The van der Waals surface area contributed by atoms with Crippen LogP contribution >= 0.6 is 22.6 Å². The average molecular weight is 453 g/mol. The number of aromatic amines is 1. The molecule has 1 aromatic heterocycles. The second-order valence-electron chi connectivity index (χ2n) is 6.61. The Morgan fingerprint density at radius 3 is 2.68 bits per heavy atom. The fourth-order valence-corrected chi connectivity index (χ4v) is 4.11. The van der Waals surface area contributed by atoms with Crippen molar-refractivity contribution in [3.63, 3.8) is 0 Å². The topological polar surface area (TPSA) is 58.2 Å². The zero-order valence-electron chi connectivity index (χ0n) is 14.5. The molecule has 2 aromatic rings. The Balaban J connectivity index is 1.64. The second kappa shape index (κ2) is 8.80. The van der Waals surface area contributed by atoms with Gasteiger partial charge in [0.1, 0.15) is 15.7 Å². The Labute approximate surface area is 162 Å². The number of hydrogen-bond acceptors (Lipinski definition) is 4. The first kappa shape index (κ1) is 18.4. The summed E-state index contributed by atoms with van der Waals surface area (Å²) in [6.07, 6.45) is 5.23. The number of aldehydes is 1. The predicted octanol–water partition coefficient (Wildman–Crippen LogP) is 3.07. The van der Waals surface area contributed by atoms with E-state index >= 15 is 0 Å². The lowest BCUT2D eigenvalue weighted by Crippen LogP contribution is -2.35. The highest BCUT2D eigenvalue weighted by Crippen LogP contribution is 2.26. The number of likely N-dealkylation sites (tertiary alicyclic amines) is 1. The number of nitrogens with one attached hydrogen (secondary N) is 1. The van der Waals surface area contributed by atoms with E-state index in [4.69, 9.17) is 4.74 Å². The fraction of sp³-hybridized carbons (Fsp3) is 0.474. The van der Waals surface area contributed by atoms with Gasteiger partial charge < -0.3 is 9.53 Å². The number of carbonyl (C=O) groups excluding carboxylic acids is 1. The van der Waals surface area contributed by atoms with E-state index in [2.05, 4.69) is 49.8 Å². The molecule has 0 radical (unpaired) electrons. The standard InChI is InChI=1S/C19H24IN3O2/c1-25-16-4-2-14(3-5-16)13-18-17(19(20)22-21-18)12-15-6-8-23(9-7-15)10-11-24/h2-5,11,15H,6-10,12-13H2,1H3,(H,21,22). The van der Waals surface area contributed by atoms with E-state index in [1.54, 1.807) is 7.11 Å². The van der Waals surface area contributed by atoms with Gasteiger partial charge in [-0.3, -0.25) is 10.00 Å². The molecule has 5 nitrogen and oxygen atoms in total. The van der Waals surface area contributed by atoms with Gasteiger partial charge in [0.25, 0.3) is 0 Å². The van der Waals surface area contributed by atoms with Crippen LogP contribution in [0.5, 0.6) is 5.75 Å². The highest BCUT2D eigenvalue weighted by Gasteiger charge is 2.22. The Kier molecular flexibility index (Phi) is 6.47. The van der Waals surface area contributed by atoms with Crippen molar-refractivity contribution >= 4 is 28.9 Å². The number of halogens is 1. The van der Waals surface area contributed by atoms with Gasteiger partial charge >= 0.3 is 0 Å². The smallest absolute Gasteiger partial charge is 0.133 e. The summed E-state index contributed by atoms with van der Waals surface area (Å²) in [6, 6.07) is 8.21. The summed E-state index contributed by atoms with van der Waals surface area (Å²) in [5.41, 5.74) is 3.82. The molecular weight excluding hydrogens is 429 g/mol. The third-order valence-electron chi connectivity index (χ3n) is 4.97. The van der Waals surface area contributed by atoms with Gasteiger partial charge in [0.15, 0.2) is 0 Å². The second-order valence-corrected chi connectivity index (χ2v) is 7.63. The molecule has 0 spiro atoms. The predicted molar refractivity (Wildman–Crippen MR) is 106 cm³/mol. The van der Waals surface area contributed by atoms with Gasteiger partial charge in [-0.15, -0.1) is 0 Å². The van der Waals surface area contributed by atoms with Crippen molar-refractivity contribution in [2.45, 2.75) is 25.7 Å². The van der Waals surface area contributed by atoms with Crippen LogP contribution in [0.1, 0.15) is 29.7 Å². The molecule has 1 aromatic carbocycles. The van der Waals surface area contributed by atoms with Crippen molar-refractivity contribution in [1.82, 2.24) is 15.1 Å². The number of aromatic nitrogens is 2. The monoisotopic (exact) mass is 453 g/mol. The molecular formula is C19H24IN3O2. The molecule has 1 saturated heterocycles. The van der Waals surface area contributed by atoms with Crippen LogP contribution in [-0.2, 0) is 17.6 Å². The summed E-state index contributed by atoms with van der Waals surface area (Å²) in [5.74, 6) is 1.55. The maximum Gasteiger partial charge on any atom is 0.133 e. The molecule has 25 heavy (non-hydrogen) atoms. The molecule has 0 unspecified atom stereocenters. The molecule has 0 atom stereocenters. The van der Waals surface area contributed by atoms with Gasteiger partial charge in [-0.1, -0.05) is 12.1 Å². The van der Waals surface area contributed by atoms with Crippen LogP contribution in [0.15, 0.2) is 24.3 Å². The molecule has 1 N–H and O–H groups in total. The Morgan fingerprint density at radius 2 is 2.04 bits per heavy atom. The summed E-state index contributed by atoms with van der Waals surface area (Å²) < 4.78 is 6.31. The summed E-state index contributed by atoms with van der Waals surface area (Å²) >= 11 is 2.33. The highest BCUT2D eigenvalue weighted by atomic mass is 127. The average Bonchev–Trinajstić information content (AvgIpc) is 2.97. The third kappa shape index (κ3) is 4.82. The quantitative estimate of drug-likeness (QED) is 0.517. The maximum absolute atomic E-state index is 10.7. The lowest BCUT2D eigenvalue weighted by atomic mass is 9.89. The summed E-state index contributed by atoms with van der Waals surface area (Å²) in [7, 11) is 1.69. The van der Waals surface area contributed by atoms with Crippen LogP contribution in [0.25, 0.3) is 0 Å². The lowest BCUT2D eigenvalue weighted by molar-refractivity contribution is -0.109. The first-order valence-corrected chi connectivity index (χ1v) is 9.78. The van der Waals surface area contributed by atoms with E-state index in [0.717, 1.165) is 54.5 Å². The fourth-order valence-electron chi connectivity index (χ4n) is 3.44. The number of methoxy groups -OCH3 is 1. The first-order valence-electron chi connectivity index (χ1n) is 8.70. The van der Waals surface area contributed by atoms with E-state index in [1.165, 1.54) is 16.8 Å². The Hall–Kier alpha value is -1.41. The molecule has 134 valence electrons. The number of H-pyrrole nitrogens is 1. The largest absolute Gasteiger partial charge is 0.497 e. The van der Waals surface area contributed by atoms with Gasteiger partial charge in [0.2, 0.25) is 0 Å². The Bertz CT molecular complexity index is 691. The van der Waals surface area contributed by atoms with Crippen molar-refractivity contribution in [2.75, 3.05) is 26.7 Å². The van der Waals surface area contributed by atoms with Crippen LogP contribution in [0.3, 0.4) is 0 Å². The Morgan fingerprint density at radius 1 is 1.32 bits per heavy atom. The number of carbonyl (C=O) groups is 1. The molecule has 1 aliphatic rings. The van der Waals surface area contributed by atoms with Crippen molar-refractivity contribution in [2.24, 2.45) is 5.92 Å². The normalized spacial score (nSPS) is 16.1. The molecule has 0 amide bonds. The number of benzene rings is 1. The number of nitrogens with zero attached hydrogens (tertiary/aromatic N) is 2. The molecule has 1 aliphatic heterocycles. The first-order chi connectivity index (χ1) is 12.2. The molecule has 0 saturated carbocycles. The van der Waals surface area contributed by atoms with Gasteiger partial charge in [0.05, 0.1) is 13.7 Å². The van der Waals surface area contributed by atoms with E-state index in [1.807, 2.05) is 12.1 Å². The van der Waals surface area contributed by atoms with E-state index in [0.29, 0.717) is 12.5 Å². The molecule has 3 rings (SSSR count). The number of piperidine rings is 1. The molecule has 6 heteroatoms. The van der Waals surface area contributed by atoms with Crippen molar-refractivity contribution in [3.8, 4) is 5.75 Å². The SMILES string of the molecule is COc1ccc(Cc2[nH]nc(I)c2CC2CCN(CC=O)CC2)cc1. The minimum atomic E-state index is 0.568. The molecule has 2 heterocycles. The number of rotatable bonds is 7. The van der Waals surface area contributed by atoms with Crippen molar-refractivity contribution < 1.29 is 9.53 Å². The zero-order valence-corrected chi connectivity index (χ0v) is 16.7. The summed E-state index contributed by atoms with van der Waals surface area (Å²) in [5, 5.41) is 7.66. The van der Waals surface area contributed by atoms with Crippen LogP contribution in [-0.4, -0.2) is 48.1 Å². The van der Waals surface area contributed by atoms with E-state index in [-0.39, 0.29) is 0 Å². The van der Waals surface area contributed by atoms with Crippen molar-refractivity contribution in [1.29, 1.82) is 0 Å². The minimum absolute atomic E-state index is 0.568. The highest BCUT2D eigenvalue weighted by molar-refractivity contribution is 14.1. The van der Waals surface area contributed by atoms with Crippen LogP contribution < -0.4 is 4.74 Å². The minimum Gasteiger partial charge on any atom is -0.497 e. The summed E-state index contributed by atoms with van der Waals surface area (Å²) in [6.45, 7) is 2.61. The summed E-state index contributed by atoms with van der Waals surface area (Å²) in [4.78, 5) is 12.9. The van der Waals surface area contributed by atoms with Gasteiger partial charge in [-0.2, -0.15) is 5.10 Å². The van der Waals surface area contributed by atoms with Gasteiger partial charge in [-0.05, 0) is 78.6 Å². The number of ether oxygens (including phenoxy) is 1. The lowest BCUT2D eigenvalue weighted by Gasteiger charge is -2.30. The van der Waals surface area contributed by atoms with Gasteiger partial charge in [0, 0.05) is 17.7 Å². The van der Waals surface area contributed by atoms with E-state index in [9.17, 15) is 4.79 Å². The maximum atomic E-state index is 10.7. The zero-order chi connectivity index (χ0) is 17.6. The van der Waals surface area contributed by atoms with Crippen LogP contribution in [0, 0.1) is 9.62 Å².